The maximum atomic E-state index is 2.40. The lowest BCUT2D eigenvalue weighted by Gasteiger charge is -2.19. The average Bonchev–Trinajstić information content (AvgIpc) is 2.84. The molecule has 8 rings (SSSR count). The van der Waals surface area contributed by atoms with Crippen LogP contribution in [0.4, 0.5) is 0 Å². The Kier molecular flexibility index (Phi) is 3.90. The molecule has 0 N–H and O–H groups in total. The van der Waals surface area contributed by atoms with E-state index in [1.807, 2.05) is 0 Å². The monoisotopic (exact) mass is 408 g/mol. The fourth-order valence-corrected chi connectivity index (χ4v) is 5.91. The van der Waals surface area contributed by atoms with E-state index in [1.54, 1.807) is 0 Å². The summed E-state index contributed by atoms with van der Waals surface area (Å²) in [5.74, 6) is 0. The van der Waals surface area contributed by atoms with E-state index in [1.165, 1.54) is 65.3 Å². The van der Waals surface area contributed by atoms with Crippen molar-refractivity contribution in [2.24, 2.45) is 0 Å². The first-order valence-corrected chi connectivity index (χ1v) is 11.7. The van der Waals surface area contributed by atoms with Crippen LogP contribution in [0, 0.1) is 0 Å². The summed E-state index contributed by atoms with van der Waals surface area (Å²) >= 11 is 0. The van der Waals surface area contributed by atoms with Crippen LogP contribution in [0.5, 0.6) is 0 Å². The predicted octanol–water partition coefficient (Wildman–Crippen LogP) is 8.18. The summed E-state index contributed by atoms with van der Waals surface area (Å²) in [6.07, 6.45) is 4.25. The summed E-state index contributed by atoms with van der Waals surface area (Å²) in [5, 5.41) is 11.3. The molecule has 0 heteroatoms. The number of hydrogen-bond donors (Lipinski definition) is 0. The van der Waals surface area contributed by atoms with Crippen molar-refractivity contribution >= 4 is 43.1 Å². The number of hydrogen-bond acceptors (Lipinski definition) is 0. The van der Waals surface area contributed by atoms with Crippen molar-refractivity contribution in [1.29, 1.82) is 0 Å². The van der Waals surface area contributed by atoms with Gasteiger partial charge in [-0.05, 0) is 91.0 Å². The van der Waals surface area contributed by atoms with Crippen LogP contribution in [0.1, 0.15) is 22.3 Å². The van der Waals surface area contributed by atoms with Crippen molar-refractivity contribution in [2.75, 3.05) is 0 Å². The van der Waals surface area contributed by atoms with Crippen molar-refractivity contribution in [1.82, 2.24) is 0 Å². The lowest BCUT2D eigenvalue weighted by molar-refractivity contribution is 0.949. The maximum absolute atomic E-state index is 2.40. The molecule has 0 spiro atoms. The highest BCUT2D eigenvalue weighted by Gasteiger charge is 2.15. The zero-order valence-corrected chi connectivity index (χ0v) is 18.1. The smallest absolute Gasteiger partial charge is 0.00704 e. The molecule has 2 aliphatic carbocycles. The van der Waals surface area contributed by atoms with Gasteiger partial charge in [0.1, 0.15) is 0 Å². The fraction of sp³-hybridized carbons (Fsp3) is 0.125. The minimum Gasteiger partial charge on any atom is -0.0616 e. The van der Waals surface area contributed by atoms with Gasteiger partial charge in [-0.1, -0.05) is 97.1 Å². The van der Waals surface area contributed by atoms with Crippen molar-refractivity contribution < 1.29 is 0 Å². The molecule has 0 unspecified atom stereocenters. The van der Waals surface area contributed by atoms with E-state index in [0.29, 0.717) is 0 Å². The highest BCUT2D eigenvalue weighted by molar-refractivity contribution is 6.11. The summed E-state index contributed by atoms with van der Waals surface area (Å²) in [6, 6.07) is 36.6. The van der Waals surface area contributed by atoms with E-state index in [-0.39, 0.29) is 0 Å². The molecule has 0 saturated heterocycles. The minimum absolute atomic E-state index is 1.06. The second-order valence-corrected chi connectivity index (χ2v) is 9.19. The molecule has 0 aromatic heterocycles. The van der Waals surface area contributed by atoms with Crippen LogP contribution in [0.2, 0.25) is 0 Å². The Balaban J connectivity index is 1.51. The molecule has 6 aromatic carbocycles. The van der Waals surface area contributed by atoms with Crippen LogP contribution in [-0.2, 0) is 25.7 Å². The van der Waals surface area contributed by atoms with Crippen LogP contribution in [-0.4, -0.2) is 0 Å². The van der Waals surface area contributed by atoms with Gasteiger partial charge in [0.05, 0.1) is 0 Å². The lowest BCUT2D eigenvalue weighted by atomic mass is 9.86. The minimum atomic E-state index is 1.06. The van der Waals surface area contributed by atoms with Crippen LogP contribution in [0.3, 0.4) is 0 Å². The zero-order chi connectivity index (χ0) is 21.1. The topological polar surface area (TPSA) is 0 Å². The standard InChI is InChI=1S/C32H24/c1-3-7-27-21(5-1)17-19-29-23-9-13-25(31(27)29)15-11-24-10-14-26(16-12-23)32-28-8-4-2-6-22(28)18-20-30(24)32/h1-10,13-14,17-20H,11-12,15-16H2. The van der Waals surface area contributed by atoms with Crippen molar-refractivity contribution in [3.63, 3.8) is 0 Å². The summed E-state index contributed by atoms with van der Waals surface area (Å²) in [6.45, 7) is 0. The second-order valence-electron chi connectivity index (χ2n) is 9.19. The van der Waals surface area contributed by atoms with E-state index < -0.39 is 0 Å². The first-order valence-electron chi connectivity index (χ1n) is 11.7. The van der Waals surface area contributed by atoms with Gasteiger partial charge in [0.25, 0.3) is 0 Å². The van der Waals surface area contributed by atoms with Gasteiger partial charge in [-0.2, -0.15) is 0 Å². The summed E-state index contributed by atoms with van der Waals surface area (Å²) in [4.78, 5) is 0. The van der Waals surface area contributed by atoms with Gasteiger partial charge >= 0.3 is 0 Å². The Bertz CT molecular complexity index is 1540. The quantitative estimate of drug-likeness (QED) is 0.222. The summed E-state index contributed by atoms with van der Waals surface area (Å²) in [7, 11) is 0. The van der Waals surface area contributed by atoms with Crippen LogP contribution in [0.25, 0.3) is 43.1 Å². The van der Waals surface area contributed by atoms with Gasteiger partial charge in [0.15, 0.2) is 0 Å². The molecule has 2 aliphatic rings. The third-order valence-electron chi connectivity index (χ3n) is 7.49. The predicted molar refractivity (Wildman–Crippen MR) is 138 cm³/mol. The number of rotatable bonds is 0. The average molecular weight is 409 g/mol. The molecular formula is C32H24. The van der Waals surface area contributed by atoms with Gasteiger partial charge in [0.2, 0.25) is 0 Å². The molecule has 0 saturated carbocycles. The summed E-state index contributed by atoms with van der Waals surface area (Å²) in [5.41, 5.74) is 5.87. The fourth-order valence-electron chi connectivity index (χ4n) is 5.91. The molecule has 4 bridgehead atoms. The van der Waals surface area contributed by atoms with Crippen LogP contribution >= 0.6 is 0 Å². The van der Waals surface area contributed by atoms with Gasteiger partial charge in [0, 0.05) is 0 Å². The number of aryl methyl sites for hydroxylation is 4. The maximum Gasteiger partial charge on any atom is -0.00704 e. The molecule has 0 fully saturated rings. The number of benzene rings is 6. The van der Waals surface area contributed by atoms with Gasteiger partial charge < -0.3 is 0 Å². The molecule has 0 atom stereocenters. The highest BCUT2D eigenvalue weighted by Crippen LogP contribution is 2.36. The van der Waals surface area contributed by atoms with Gasteiger partial charge in [-0.25, -0.2) is 0 Å². The Hall–Kier alpha value is -3.64. The van der Waals surface area contributed by atoms with E-state index in [0.717, 1.165) is 25.7 Å². The highest BCUT2D eigenvalue weighted by atomic mass is 14.2. The molecule has 0 aliphatic heterocycles. The Morgan fingerprint density at radius 2 is 0.719 bits per heavy atom. The molecular weight excluding hydrogens is 384 g/mol. The molecule has 6 aromatic rings. The van der Waals surface area contributed by atoms with Gasteiger partial charge in [-0.15, -0.1) is 0 Å². The van der Waals surface area contributed by atoms with Crippen molar-refractivity contribution in [3.8, 4) is 0 Å². The van der Waals surface area contributed by atoms with Gasteiger partial charge in [-0.3, -0.25) is 0 Å². The van der Waals surface area contributed by atoms with E-state index >= 15 is 0 Å². The van der Waals surface area contributed by atoms with E-state index in [4.69, 9.17) is 0 Å². The normalized spacial score (nSPS) is 13.8. The van der Waals surface area contributed by atoms with Crippen LogP contribution in [0.15, 0.2) is 97.1 Å². The Morgan fingerprint density at radius 3 is 1.22 bits per heavy atom. The first kappa shape index (κ1) is 18.0. The summed E-state index contributed by atoms with van der Waals surface area (Å²) < 4.78 is 0. The molecule has 0 amide bonds. The molecule has 0 heterocycles. The van der Waals surface area contributed by atoms with Crippen molar-refractivity contribution in [3.05, 3.63) is 119 Å². The molecule has 32 heavy (non-hydrogen) atoms. The third-order valence-corrected chi connectivity index (χ3v) is 7.49. The Morgan fingerprint density at radius 1 is 0.312 bits per heavy atom. The SMILES string of the molecule is c1ccc2c(c1)ccc1c3ccc(c12)CCc1ccc(c2c1ccc1ccccc12)CC3. The largest absolute Gasteiger partial charge is 0.0616 e. The zero-order valence-electron chi connectivity index (χ0n) is 18.1. The second kappa shape index (κ2) is 6.93. The van der Waals surface area contributed by atoms with Crippen LogP contribution < -0.4 is 0 Å². The van der Waals surface area contributed by atoms with Crippen molar-refractivity contribution in [2.45, 2.75) is 25.7 Å². The van der Waals surface area contributed by atoms with E-state index in [2.05, 4.69) is 97.1 Å². The molecule has 0 radical (unpaired) electrons. The Labute approximate surface area is 188 Å². The number of fused-ring (bicyclic) bond motifs is 7. The first-order chi connectivity index (χ1) is 15.9. The lowest BCUT2D eigenvalue weighted by Crippen LogP contribution is -2.02. The molecule has 152 valence electrons. The molecule has 0 nitrogen and oxygen atoms in total. The van der Waals surface area contributed by atoms with E-state index in [9.17, 15) is 0 Å². The third kappa shape index (κ3) is 2.63.